The molecule has 0 aromatic carbocycles. The lowest BCUT2D eigenvalue weighted by Crippen LogP contribution is -2.27. The molecule has 2 aromatic heterocycles. The molecule has 2 aromatic rings. The lowest BCUT2D eigenvalue weighted by Gasteiger charge is -2.09. The Kier molecular flexibility index (Phi) is 2.43. The van der Waals surface area contributed by atoms with E-state index < -0.39 is 0 Å². The predicted octanol–water partition coefficient (Wildman–Crippen LogP) is 1.83. The fourth-order valence-corrected chi connectivity index (χ4v) is 3.31. The van der Waals surface area contributed by atoms with Crippen LogP contribution in [0.2, 0.25) is 0 Å². The molecular formula is C12H15N3OS. The first-order valence-corrected chi connectivity index (χ1v) is 6.68. The van der Waals surface area contributed by atoms with E-state index in [2.05, 4.69) is 27.8 Å². The van der Waals surface area contributed by atoms with Crippen molar-refractivity contribution in [3.05, 3.63) is 22.5 Å². The number of nitrogens with zero attached hydrogens (tertiary/aromatic N) is 2. The molecule has 0 aliphatic carbocycles. The van der Waals surface area contributed by atoms with Crippen molar-refractivity contribution >= 4 is 22.2 Å². The monoisotopic (exact) mass is 249 g/mol. The van der Waals surface area contributed by atoms with Crippen molar-refractivity contribution in [2.45, 2.75) is 39.2 Å². The molecular weight excluding hydrogens is 234 g/mol. The van der Waals surface area contributed by atoms with Gasteiger partial charge in [-0.05, 0) is 20.3 Å². The van der Waals surface area contributed by atoms with Gasteiger partial charge in [0.25, 0.3) is 0 Å². The molecule has 1 amide bonds. The fourth-order valence-electron chi connectivity index (χ4n) is 2.42. The highest BCUT2D eigenvalue weighted by molar-refractivity contribution is 7.17. The van der Waals surface area contributed by atoms with Crippen LogP contribution in [0.15, 0.2) is 6.20 Å². The standard InChI is InChI=1S/C12H15N3OS/c1-7-6-15-10(8(2)13-12(15)17-7)5-9-3-4-11(16)14-9/h6,9H,3-5H2,1-2H3,(H,14,16). The number of rotatable bonds is 2. The van der Waals surface area contributed by atoms with Gasteiger partial charge in [0.05, 0.1) is 5.69 Å². The number of aryl methyl sites for hydroxylation is 2. The van der Waals surface area contributed by atoms with Gasteiger partial charge in [-0.2, -0.15) is 0 Å². The van der Waals surface area contributed by atoms with Crippen molar-refractivity contribution in [3.63, 3.8) is 0 Å². The van der Waals surface area contributed by atoms with Crippen LogP contribution < -0.4 is 5.32 Å². The molecule has 4 nitrogen and oxygen atoms in total. The average Bonchev–Trinajstić information content (AvgIpc) is 2.87. The van der Waals surface area contributed by atoms with Crippen molar-refractivity contribution in [2.75, 3.05) is 0 Å². The quantitative estimate of drug-likeness (QED) is 0.882. The van der Waals surface area contributed by atoms with Gasteiger partial charge < -0.3 is 5.32 Å². The summed E-state index contributed by atoms with van der Waals surface area (Å²) < 4.78 is 2.17. The number of carbonyl (C=O) groups excluding carboxylic acids is 1. The van der Waals surface area contributed by atoms with E-state index >= 15 is 0 Å². The normalized spacial score (nSPS) is 20.1. The van der Waals surface area contributed by atoms with E-state index in [1.54, 1.807) is 11.3 Å². The second-order valence-electron chi connectivity index (χ2n) is 4.65. The van der Waals surface area contributed by atoms with Crippen LogP contribution in [-0.4, -0.2) is 21.3 Å². The summed E-state index contributed by atoms with van der Waals surface area (Å²) >= 11 is 1.71. The largest absolute Gasteiger partial charge is 0.353 e. The maximum atomic E-state index is 11.2. The van der Waals surface area contributed by atoms with E-state index in [0.29, 0.717) is 6.42 Å². The summed E-state index contributed by atoms with van der Waals surface area (Å²) in [5, 5.41) is 3.01. The Balaban J connectivity index is 1.93. The molecule has 0 saturated carbocycles. The highest BCUT2D eigenvalue weighted by Crippen LogP contribution is 2.23. The van der Waals surface area contributed by atoms with Crippen molar-refractivity contribution < 1.29 is 4.79 Å². The number of hydrogen-bond acceptors (Lipinski definition) is 3. The van der Waals surface area contributed by atoms with Crippen molar-refractivity contribution in [1.29, 1.82) is 0 Å². The van der Waals surface area contributed by atoms with Crippen LogP contribution in [-0.2, 0) is 11.2 Å². The lowest BCUT2D eigenvalue weighted by molar-refractivity contribution is -0.119. The first-order valence-electron chi connectivity index (χ1n) is 5.87. The van der Waals surface area contributed by atoms with Gasteiger partial charge in [0.1, 0.15) is 0 Å². The Morgan fingerprint density at radius 1 is 1.59 bits per heavy atom. The summed E-state index contributed by atoms with van der Waals surface area (Å²) in [6.07, 6.45) is 4.62. The van der Waals surface area contributed by atoms with E-state index in [9.17, 15) is 4.79 Å². The van der Waals surface area contributed by atoms with Gasteiger partial charge in [-0.1, -0.05) is 0 Å². The molecule has 0 bridgehead atoms. The third-order valence-electron chi connectivity index (χ3n) is 3.27. The molecule has 3 heterocycles. The molecule has 1 atom stereocenters. The number of thiazole rings is 1. The van der Waals surface area contributed by atoms with Gasteiger partial charge in [-0.3, -0.25) is 9.20 Å². The Morgan fingerprint density at radius 2 is 2.41 bits per heavy atom. The van der Waals surface area contributed by atoms with Gasteiger partial charge >= 0.3 is 0 Å². The molecule has 1 fully saturated rings. The van der Waals surface area contributed by atoms with E-state index in [1.807, 2.05) is 6.92 Å². The zero-order valence-electron chi connectivity index (χ0n) is 9.99. The summed E-state index contributed by atoms with van der Waals surface area (Å²) in [5.74, 6) is 0.176. The molecule has 1 aliphatic rings. The van der Waals surface area contributed by atoms with Gasteiger partial charge in [0, 0.05) is 35.7 Å². The number of hydrogen-bond donors (Lipinski definition) is 1. The number of amides is 1. The van der Waals surface area contributed by atoms with E-state index in [1.165, 1.54) is 10.6 Å². The zero-order chi connectivity index (χ0) is 12.0. The zero-order valence-corrected chi connectivity index (χ0v) is 10.8. The first-order chi connectivity index (χ1) is 8.13. The van der Waals surface area contributed by atoms with E-state index in [-0.39, 0.29) is 11.9 Å². The molecule has 1 unspecified atom stereocenters. The molecule has 17 heavy (non-hydrogen) atoms. The van der Waals surface area contributed by atoms with Gasteiger partial charge in [0.15, 0.2) is 4.96 Å². The molecule has 5 heteroatoms. The maximum Gasteiger partial charge on any atom is 0.220 e. The van der Waals surface area contributed by atoms with Crippen LogP contribution in [0.3, 0.4) is 0 Å². The smallest absolute Gasteiger partial charge is 0.220 e. The SMILES string of the molecule is Cc1cn2c(CC3CCC(=O)N3)c(C)nc2s1. The van der Waals surface area contributed by atoms with Gasteiger partial charge in [0.2, 0.25) is 5.91 Å². The number of carbonyl (C=O) groups is 1. The minimum Gasteiger partial charge on any atom is -0.353 e. The second-order valence-corrected chi connectivity index (χ2v) is 5.86. The van der Waals surface area contributed by atoms with Crippen molar-refractivity contribution in [1.82, 2.24) is 14.7 Å². The van der Waals surface area contributed by atoms with Crippen LogP contribution in [0.5, 0.6) is 0 Å². The van der Waals surface area contributed by atoms with Crippen LogP contribution in [0.1, 0.15) is 29.1 Å². The highest BCUT2D eigenvalue weighted by Gasteiger charge is 2.23. The minimum absolute atomic E-state index is 0.176. The van der Waals surface area contributed by atoms with Crippen LogP contribution in [0.25, 0.3) is 4.96 Å². The second kappa shape index (κ2) is 3.84. The van der Waals surface area contributed by atoms with Crippen LogP contribution in [0.4, 0.5) is 0 Å². The summed E-state index contributed by atoms with van der Waals surface area (Å²) in [6, 6.07) is 0.279. The topological polar surface area (TPSA) is 46.4 Å². The Hall–Kier alpha value is -1.36. The van der Waals surface area contributed by atoms with Crippen molar-refractivity contribution in [2.24, 2.45) is 0 Å². The Labute approximate surface area is 104 Å². The number of fused-ring (bicyclic) bond motifs is 1. The predicted molar refractivity (Wildman–Crippen MR) is 67.4 cm³/mol. The Bertz CT molecular complexity index is 584. The van der Waals surface area contributed by atoms with E-state index in [0.717, 1.165) is 23.5 Å². The van der Waals surface area contributed by atoms with E-state index in [4.69, 9.17) is 0 Å². The third kappa shape index (κ3) is 1.84. The van der Waals surface area contributed by atoms with Crippen LogP contribution >= 0.6 is 11.3 Å². The lowest BCUT2D eigenvalue weighted by atomic mass is 10.1. The van der Waals surface area contributed by atoms with Gasteiger partial charge in [-0.15, -0.1) is 11.3 Å². The fraction of sp³-hybridized carbons (Fsp3) is 0.500. The maximum absolute atomic E-state index is 11.2. The molecule has 1 N–H and O–H groups in total. The molecule has 3 rings (SSSR count). The number of aromatic nitrogens is 2. The van der Waals surface area contributed by atoms with Crippen molar-refractivity contribution in [3.8, 4) is 0 Å². The molecule has 0 radical (unpaired) electrons. The Morgan fingerprint density at radius 3 is 3.12 bits per heavy atom. The average molecular weight is 249 g/mol. The first kappa shape index (κ1) is 10.8. The third-order valence-corrected chi connectivity index (χ3v) is 4.16. The summed E-state index contributed by atoms with van der Waals surface area (Å²) in [6.45, 7) is 4.14. The van der Waals surface area contributed by atoms with Crippen LogP contribution in [0, 0.1) is 13.8 Å². The number of imidazole rings is 1. The molecule has 1 saturated heterocycles. The molecule has 90 valence electrons. The van der Waals surface area contributed by atoms with Gasteiger partial charge in [-0.25, -0.2) is 4.98 Å². The highest BCUT2D eigenvalue weighted by atomic mass is 32.1. The number of nitrogens with one attached hydrogen (secondary N) is 1. The minimum atomic E-state index is 0.176. The molecule has 0 spiro atoms. The summed E-state index contributed by atoms with van der Waals surface area (Å²) in [7, 11) is 0. The molecule has 1 aliphatic heterocycles. The summed E-state index contributed by atoms with van der Waals surface area (Å²) in [5.41, 5.74) is 2.31. The summed E-state index contributed by atoms with van der Waals surface area (Å²) in [4.78, 5) is 18.1.